The highest BCUT2D eigenvalue weighted by atomic mass is 16.5. The van der Waals surface area contributed by atoms with Crippen LogP contribution in [0.1, 0.15) is 24.6 Å². The molecule has 0 unspecified atom stereocenters. The largest absolute Gasteiger partial charge is 0.469 e. The number of aromatic nitrogens is 2. The van der Waals surface area contributed by atoms with E-state index in [2.05, 4.69) is 10.3 Å². The molecule has 1 aliphatic rings. The van der Waals surface area contributed by atoms with Crippen LogP contribution in [0.5, 0.6) is 0 Å². The third kappa shape index (κ3) is 3.74. The Bertz CT molecular complexity index is 725. The summed E-state index contributed by atoms with van der Waals surface area (Å²) >= 11 is 0. The smallest absolute Gasteiger partial charge is 0.249 e. The van der Waals surface area contributed by atoms with E-state index in [9.17, 15) is 9.59 Å². The Balaban J connectivity index is 1.70. The average Bonchev–Trinajstić information content (AvgIpc) is 3.25. The number of carbonyl (C=O) groups is 2. The summed E-state index contributed by atoms with van der Waals surface area (Å²) in [5, 5.41) is 2.86. The Labute approximate surface area is 145 Å². The number of imidazole rings is 1. The number of aryl methyl sites for hydroxylation is 1. The highest BCUT2D eigenvalue weighted by Gasteiger charge is 2.39. The number of amides is 2. The summed E-state index contributed by atoms with van der Waals surface area (Å²) in [6.45, 7) is 2.77. The average molecular weight is 346 g/mol. The third-order valence-corrected chi connectivity index (χ3v) is 4.31. The molecule has 0 saturated carbocycles. The highest BCUT2D eigenvalue weighted by Crippen LogP contribution is 2.28. The maximum Gasteiger partial charge on any atom is 0.249 e. The summed E-state index contributed by atoms with van der Waals surface area (Å²) in [6.07, 6.45) is 4.86. The number of nitrogens with one attached hydrogen (secondary N) is 1. The van der Waals surface area contributed by atoms with Crippen LogP contribution in [0.4, 0.5) is 0 Å². The van der Waals surface area contributed by atoms with Crippen molar-refractivity contribution in [3.63, 3.8) is 0 Å². The van der Waals surface area contributed by atoms with E-state index in [1.807, 2.05) is 24.7 Å². The lowest BCUT2D eigenvalue weighted by atomic mass is 10.1. The van der Waals surface area contributed by atoms with E-state index in [0.29, 0.717) is 18.8 Å². The first-order valence-electron chi connectivity index (χ1n) is 8.27. The van der Waals surface area contributed by atoms with Crippen LogP contribution < -0.4 is 5.32 Å². The van der Waals surface area contributed by atoms with Crippen molar-refractivity contribution in [2.24, 2.45) is 7.05 Å². The number of nitrogens with zero attached hydrogens (tertiary/aromatic N) is 3. The summed E-state index contributed by atoms with van der Waals surface area (Å²) in [7, 11) is 1.88. The molecule has 2 atom stereocenters. The fourth-order valence-corrected chi connectivity index (χ4v) is 3.07. The van der Waals surface area contributed by atoms with Gasteiger partial charge in [0.1, 0.15) is 30.3 Å². The first kappa shape index (κ1) is 17.2. The molecule has 0 aliphatic carbocycles. The van der Waals surface area contributed by atoms with Crippen molar-refractivity contribution >= 4 is 11.8 Å². The van der Waals surface area contributed by atoms with Gasteiger partial charge in [0.05, 0.1) is 12.7 Å². The molecule has 2 aromatic rings. The molecule has 25 heavy (non-hydrogen) atoms. The van der Waals surface area contributed by atoms with Crippen LogP contribution in [0.3, 0.4) is 0 Å². The third-order valence-electron chi connectivity index (χ3n) is 4.31. The van der Waals surface area contributed by atoms with Crippen LogP contribution in [0.15, 0.2) is 35.2 Å². The van der Waals surface area contributed by atoms with Gasteiger partial charge in [-0.05, 0) is 19.1 Å². The molecule has 1 saturated heterocycles. The zero-order chi connectivity index (χ0) is 17.8. The number of morpholine rings is 1. The lowest BCUT2D eigenvalue weighted by Crippen LogP contribution is -2.53. The lowest BCUT2D eigenvalue weighted by molar-refractivity contribution is -0.157. The normalized spacial score (nSPS) is 20.7. The van der Waals surface area contributed by atoms with Crippen LogP contribution in [0.25, 0.3) is 0 Å². The van der Waals surface area contributed by atoms with E-state index >= 15 is 0 Å². The predicted octanol–water partition coefficient (Wildman–Crippen LogP) is 0.660. The fourth-order valence-electron chi connectivity index (χ4n) is 3.07. The van der Waals surface area contributed by atoms with Crippen molar-refractivity contribution in [1.29, 1.82) is 0 Å². The fraction of sp³-hybridized carbons (Fsp3) is 0.471. The predicted molar refractivity (Wildman–Crippen MR) is 88.5 cm³/mol. The Morgan fingerprint density at radius 1 is 1.48 bits per heavy atom. The number of furan rings is 1. The number of rotatable bonds is 6. The number of hydrogen-bond donors (Lipinski definition) is 1. The number of ether oxygens (including phenoxy) is 1. The zero-order valence-corrected chi connectivity index (χ0v) is 14.3. The molecule has 0 bridgehead atoms. The highest BCUT2D eigenvalue weighted by molar-refractivity contribution is 5.79. The minimum absolute atomic E-state index is 0.00742. The number of likely N-dealkylation sites (N-methyl/N-ethyl adjacent to an activating group) is 1. The van der Waals surface area contributed by atoms with Crippen LogP contribution in [-0.2, 0) is 27.8 Å². The van der Waals surface area contributed by atoms with Crippen molar-refractivity contribution < 1.29 is 18.7 Å². The molecule has 2 aromatic heterocycles. The van der Waals surface area contributed by atoms with Crippen LogP contribution >= 0.6 is 0 Å². The maximum absolute atomic E-state index is 12.2. The Morgan fingerprint density at radius 3 is 2.96 bits per heavy atom. The van der Waals surface area contributed by atoms with Gasteiger partial charge in [0.15, 0.2) is 0 Å². The Hall–Kier alpha value is -2.61. The molecular formula is C17H22N4O4. The first-order chi connectivity index (χ1) is 12.1. The van der Waals surface area contributed by atoms with Crippen LogP contribution in [-0.4, -0.2) is 52.1 Å². The van der Waals surface area contributed by atoms with Gasteiger partial charge in [-0.3, -0.25) is 9.59 Å². The molecule has 2 amide bonds. The molecule has 0 radical (unpaired) electrons. The minimum Gasteiger partial charge on any atom is -0.469 e. The van der Waals surface area contributed by atoms with Gasteiger partial charge in [-0.15, -0.1) is 0 Å². The second-order valence-electron chi connectivity index (χ2n) is 5.93. The molecule has 3 rings (SSSR count). The molecule has 3 heterocycles. The van der Waals surface area contributed by atoms with E-state index < -0.39 is 0 Å². The van der Waals surface area contributed by atoms with Crippen molar-refractivity contribution in [1.82, 2.24) is 19.8 Å². The van der Waals surface area contributed by atoms with E-state index in [-0.39, 0.29) is 37.0 Å². The molecule has 1 N–H and O–H groups in total. The van der Waals surface area contributed by atoms with Crippen molar-refractivity contribution in [2.75, 3.05) is 19.7 Å². The molecule has 8 nitrogen and oxygen atoms in total. The lowest BCUT2D eigenvalue weighted by Gasteiger charge is -2.40. The second kappa shape index (κ2) is 7.52. The molecule has 1 aliphatic heterocycles. The standard InChI is InChI=1S/C17H22N4O4/c1-3-21-15(23)11-25-13(16(21)17-18-6-7-20(17)2)10-19-14(22)9-12-5-4-8-24-12/h4-8,13,16H,3,9-11H2,1-2H3,(H,19,22)/t13-,16+/m0/s1. The topological polar surface area (TPSA) is 89.6 Å². The molecule has 8 heteroatoms. The summed E-state index contributed by atoms with van der Waals surface area (Å²) in [5.41, 5.74) is 0. The number of hydrogen-bond acceptors (Lipinski definition) is 5. The van der Waals surface area contributed by atoms with Crippen molar-refractivity contribution in [3.8, 4) is 0 Å². The summed E-state index contributed by atoms with van der Waals surface area (Å²) in [5.74, 6) is 1.11. The van der Waals surface area contributed by atoms with Gasteiger partial charge in [0.25, 0.3) is 0 Å². The van der Waals surface area contributed by atoms with E-state index in [1.54, 1.807) is 23.2 Å². The second-order valence-corrected chi connectivity index (χ2v) is 5.93. The quantitative estimate of drug-likeness (QED) is 0.830. The van der Waals surface area contributed by atoms with Gasteiger partial charge in [0.2, 0.25) is 11.8 Å². The summed E-state index contributed by atoms with van der Waals surface area (Å²) in [6, 6.07) is 3.16. The van der Waals surface area contributed by atoms with Crippen molar-refractivity contribution in [2.45, 2.75) is 25.5 Å². The van der Waals surface area contributed by atoms with Crippen LogP contribution in [0.2, 0.25) is 0 Å². The van der Waals surface area contributed by atoms with Gasteiger partial charge in [-0.1, -0.05) is 0 Å². The summed E-state index contributed by atoms with van der Waals surface area (Å²) < 4.78 is 12.8. The summed E-state index contributed by atoms with van der Waals surface area (Å²) in [4.78, 5) is 30.4. The molecular weight excluding hydrogens is 324 g/mol. The van der Waals surface area contributed by atoms with E-state index in [1.165, 1.54) is 6.26 Å². The molecule has 1 fully saturated rings. The van der Waals surface area contributed by atoms with Gasteiger partial charge in [-0.2, -0.15) is 0 Å². The van der Waals surface area contributed by atoms with E-state index in [0.717, 1.165) is 5.82 Å². The van der Waals surface area contributed by atoms with E-state index in [4.69, 9.17) is 9.15 Å². The Morgan fingerprint density at radius 2 is 2.32 bits per heavy atom. The van der Waals surface area contributed by atoms with Crippen molar-refractivity contribution in [3.05, 3.63) is 42.4 Å². The first-order valence-corrected chi connectivity index (χ1v) is 8.27. The monoisotopic (exact) mass is 346 g/mol. The van der Waals surface area contributed by atoms with Gasteiger partial charge in [-0.25, -0.2) is 4.98 Å². The maximum atomic E-state index is 12.2. The number of carbonyl (C=O) groups excluding carboxylic acids is 2. The van der Waals surface area contributed by atoms with Gasteiger partial charge >= 0.3 is 0 Å². The zero-order valence-electron chi connectivity index (χ0n) is 14.3. The van der Waals surface area contributed by atoms with Gasteiger partial charge < -0.3 is 23.9 Å². The van der Waals surface area contributed by atoms with Gasteiger partial charge in [0, 0.05) is 32.5 Å². The Kier molecular flexibility index (Phi) is 5.18. The molecule has 0 aromatic carbocycles. The molecule has 0 spiro atoms. The minimum atomic E-state index is -0.362. The SMILES string of the molecule is CCN1C(=O)CO[C@@H](CNC(=O)Cc2ccco2)[C@@H]1c1nccn1C. The van der Waals surface area contributed by atoms with Crippen LogP contribution in [0, 0.1) is 0 Å². The molecule has 134 valence electrons.